The number of imidazole rings is 1. The molecule has 1 aromatic carbocycles. The molecule has 2 fully saturated rings. The molecule has 2 aromatic heterocycles. The van der Waals surface area contributed by atoms with Crippen molar-refractivity contribution in [2.24, 2.45) is 0 Å². The van der Waals surface area contributed by atoms with Crippen LogP contribution in [0.5, 0.6) is 0 Å². The minimum absolute atomic E-state index is 0. The van der Waals surface area contributed by atoms with E-state index in [0.717, 1.165) is 4.90 Å². The summed E-state index contributed by atoms with van der Waals surface area (Å²) >= 11 is 7.24. The van der Waals surface area contributed by atoms with E-state index in [4.69, 9.17) is 31.1 Å². The summed E-state index contributed by atoms with van der Waals surface area (Å²) in [4.78, 5) is 23.2. The van der Waals surface area contributed by atoms with E-state index in [2.05, 4.69) is 15.0 Å². The van der Waals surface area contributed by atoms with E-state index in [1.807, 2.05) is 12.1 Å². The van der Waals surface area contributed by atoms with Crippen LogP contribution in [0.2, 0.25) is 5.02 Å². The van der Waals surface area contributed by atoms with Crippen LogP contribution in [0.25, 0.3) is 11.2 Å². The topological polar surface area (TPSA) is 155 Å². The van der Waals surface area contributed by atoms with Crippen LogP contribution in [0.3, 0.4) is 0 Å². The second kappa shape index (κ2) is 8.88. The zero-order valence-corrected chi connectivity index (χ0v) is 20.5. The van der Waals surface area contributed by atoms with Crippen LogP contribution in [-0.4, -0.2) is 84.0 Å². The van der Waals surface area contributed by atoms with Crippen molar-refractivity contribution < 1.29 is 28.3 Å². The predicted molar refractivity (Wildman–Crippen MR) is 112 cm³/mol. The largest absolute Gasteiger partial charge is 0.472 e. The quantitative estimate of drug-likeness (QED) is 0.359. The number of phosphoric acid groups is 1. The van der Waals surface area contributed by atoms with E-state index in [-0.39, 0.29) is 42.0 Å². The summed E-state index contributed by atoms with van der Waals surface area (Å²) in [6, 6.07) is 7.11. The average Bonchev–Trinajstić information content (AvgIpc) is 3.21. The molecule has 31 heavy (non-hydrogen) atoms. The first-order valence-corrected chi connectivity index (χ1v) is 11.4. The molecule has 5 atom stereocenters. The zero-order chi connectivity index (χ0) is 21.0. The summed E-state index contributed by atoms with van der Waals surface area (Å²) in [5.74, 6) is 0.168. The molecule has 0 amide bonds. The van der Waals surface area contributed by atoms with Crippen LogP contribution in [-0.2, 0) is 18.3 Å². The van der Waals surface area contributed by atoms with Crippen molar-refractivity contribution in [1.29, 1.82) is 0 Å². The van der Waals surface area contributed by atoms with Crippen molar-refractivity contribution in [2.75, 3.05) is 12.3 Å². The average molecular weight is 495 g/mol. The Morgan fingerprint density at radius 1 is 1.29 bits per heavy atom. The van der Waals surface area contributed by atoms with Gasteiger partial charge in [-0.25, -0.2) is 19.5 Å². The standard InChI is InChI=1S/C16H15ClN5O6PS.Na/c17-7-1-3-8(4-2-7)30-16-21-10-13(18)19-6-20-14(10)22(16)15-11(23)12-9(27-15)5-26-29(24,25)28-12;/h1-4,6,9,11-12,15,23H,5H2,(H,24,25)(H2,18,19,20);/t9-,11-,12-,15-;/m1./s1. The number of fused-ring (bicyclic) bond motifs is 2. The molecule has 5 rings (SSSR count). The summed E-state index contributed by atoms with van der Waals surface area (Å²) in [7, 11) is -4.25. The van der Waals surface area contributed by atoms with Crippen LogP contribution in [0.1, 0.15) is 6.23 Å². The number of anilines is 1. The van der Waals surface area contributed by atoms with Crippen LogP contribution in [0, 0.1) is 0 Å². The Hall–Kier alpha value is -0.760. The van der Waals surface area contributed by atoms with Gasteiger partial charge in [-0.15, -0.1) is 0 Å². The second-order valence-corrected chi connectivity index (χ2v) is 9.52. The Kier molecular flexibility index (Phi) is 6.70. The molecule has 1 unspecified atom stereocenters. The number of hydrogen-bond acceptors (Lipinski definition) is 10. The fourth-order valence-electron chi connectivity index (χ4n) is 3.36. The molecule has 3 aromatic rings. The fraction of sp³-hybridized carbons (Fsp3) is 0.312. The first kappa shape index (κ1) is 23.4. The van der Waals surface area contributed by atoms with Crippen molar-refractivity contribution in [3.8, 4) is 0 Å². The van der Waals surface area contributed by atoms with Crippen LogP contribution >= 0.6 is 31.2 Å². The van der Waals surface area contributed by atoms with Crippen LogP contribution < -0.4 is 5.73 Å². The minimum Gasteiger partial charge on any atom is -0.386 e. The second-order valence-electron chi connectivity index (χ2n) is 6.64. The minimum atomic E-state index is -4.25. The van der Waals surface area contributed by atoms with Gasteiger partial charge in [0.1, 0.15) is 24.6 Å². The Balaban J connectivity index is 0.00000231. The SMILES string of the molecule is Nc1ncnc2c1nc(Sc1ccc(Cl)cc1)n2[C@@H]1O[C@@H]2COP(=O)(O)O[C@H]2[C@H]1O.[Na]. The zero-order valence-electron chi connectivity index (χ0n) is 16.0. The Bertz CT molecular complexity index is 1170. The van der Waals surface area contributed by atoms with Gasteiger partial charge in [0.15, 0.2) is 28.4 Å². The normalized spacial score (nSPS) is 30.2. The van der Waals surface area contributed by atoms with Crippen molar-refractivity contribution in [2.45, 2.75) is 34.6 Å². The number of nitrogens with zero attached hydrogens (tertiary/aromatic N) is 4. The molecule has 0 aliphatic carbocycles. The molecule has 0 spiro atoms. The first-order chi connectivity index (χ1) is 14.3. The summed E-state index contributed by atoms with van der Waals surface area (Å²) in [5.41, 5.74) is 6.65. The Labute approximate surface area is 207 Å². The number of rotatable bonds is 3. The molecule has 2 saturated heterocycles. The van der Waals surface area contributed by atoms with Crippen LogP contribution in [0.4, 0.5) is 5.82 Å². The molecular formula is C16H15ClN5NaO6PS. The van der Waals surface area contributed by atoms with Gasteiger partial charge in [-0.05, 0) is 24.3 Å². The molecular weight excluding hydrogens is 480 g/mol. The van der Waals surface area contributed by atoms with Crippen LogP contribution in [0.15, 0.2) is 40.6 Å². The molecule has 4 N–H and O–H groups in total. The Morgan fingerprint density at radius 2 is 2.03 bits per heavy atom. The third kappa shape index (κ3) is 4.40. The van der Waals surface area contributed by atoms with E-state index in [1.54, 1.807) is 16.7 Å². The number of aromatic nitrogens is 4. The van der Waals surface area contributed by atoms with Gasteiger partial charge in [-0.3, -0.25) is 13.6 Å². The number of phosphoric ester groups is 1. The van der Waals surface area contributed by atoms with E-state index in [0.29, 0.717) is 21.3 Å². The van der Waals surface area contributed by atoms with Crippen molar-refractivity contribution in [3.63, 3.8) is 0 Å². The van der Waals surface area contributed by atoms with E-state index < -0.39 is 32.4 Å². The molecule has 1 radical (unpaired) electrons. The number of benzene rings is 1. The smallest absolute Gasteiger partial charge is 0.386 e. The third-order valence-electron chi connectivity index (χ3n) is 4.72. The van der Waals surface area contributed by atoms with Crippen molar-refractivity contribution in [3.05, 3.63) is 35.6 Å². The van der Waals surface area contributed by atoms with Gasteiger partial charge in [0, 0.05) is 39.5 Å². The number of aliphatic hydroxyl groups excluding tert-OH is 1. The van der Waals surface area contributed by atoms with Gasteiger partial charge >= 0.3 is 7.82 Å². The first-order valence-electron chi connectivity index (χ1n) is 8.73. The fourth-order valence-corrected chi connectivity index (χ4v) is 5.36. The van der Waals surface area contributed by atoms with Gasteiger partial charge in [0.05, 0.1) is 6.61 Å². The molecule has 2 aliphatic heterocycles. The van der Waals surface area contributed by atoms with Gasteiger partial charge in [0.2, 0.25) is 0 Å². The maximum absolute atomic E-state index is 11.8. The van der Waals surface area contributed by atoms with Crippen molar-refractivity contribution in [1.82, 2.24) is 19.5 Å². The monoisotopic (exact) mass is 494 g/mol. The predicted octanol–water partition coefficient (Wildman–Crippen LogP) is 1.61. The van der Waals surface area contributed by atoms with E-state index >= 15 is 0 Å². The van der Waals surface area contributed by atoms with Gasteiger partial charge in [0.25, 0.3) is 0 Å². The van der Waals surface area contributed by atoms with E-state index in [1.165, 1.54) is 18.1 Å². The van der Waals surface area contributed by atoms with E-state index in [9.17, 15) is 14.6 Å². The number of aliphatic hydroxyl groups is 1. The van der Waals surface area contributed by atoms with Gasteiger partial charge in [-0.2, -0.15) is 0 Å². The number of hydrogen-bond donors (Lipinski definition) is 3. The molecule has 4 heterocycles. The number of nitrogens with two attached hydrogens (primary N) is 1. The van der Waals surface area contributed by atoms with Crippen molar-refractivity contribution >= 4 is 77.7 Å². The third-order valence-corrected chi connectivity index (χ3v) is 6.93. The summed E-state index contributed by atoms with van der Waals surface area (Å²) in [5, 5.41) is 11.9. The summed E-state index contributed by atoms with van der Waals surface area (Å²) < 4.78 is 29.1. The maximum Gasteiger partial charge on any atom is 0.472 e. The summed E-state index contributed by atoms with van der Waals surface area (Å²) in [6.07, 6.45) is -2.80. The number of ether oxygens (including phenoxy) is 1. The number of nitrogen functional groups attached to an aromatic ring is 1. The number of halogens is 1. The molecule has 0 saturated carbocycles. The molecule has 2 aliphatic rings. The molecule has 159 valence electrons. The molecule has 11 nitrogen and oxygen atoms in total. The Morgan fingerprint density at radius 3 is 2.77 bits per heavy atom. The molecule has 0 bridgehead atoms. The summed E-state index contributed by atoms with van der Waals surface area (Å²) in [6.45, 7) is -0.199. The van der Waals surface area contributed by atoms with Gasteiger partial charge in [-0.1, -0.05) is 23.4 Å². The maximum atomic E-state index is 11.8. The van der Waals surface area contributed by atoms with Gasteiger partial charge < -0.3 is 20.5 Å². The molecule has 15 heteroatoms.